The maximum Gasteiger partial charge on any atom is 0.273 e. The molecule has 0 spiro atoms. The fourth-order valence-corrected chi connectivity index (χ4v) is 3.55. The molecule has 0 radical (unpaired) electrons. The number of hydrogen-bond acceptors (Lipinski definition) is 4. The Bertz CT molecular complexity index is 852. The minimum atomic E-state index is -3.89. The summed E-state index contributed by atoms with van der Waals surface area (Å²) in [5, 5.41) is 11.5. The van der Waals surface area contributed by atoms with Crippen LogP contribution in [0.5, 0.6) is 0 Å². The molecular formula is C15H15ClN2O4S. The minimum absolute atomic E-state index is 0.149. The molecule has 0 unspecified atom stereocenters. The molecule has 23 heavy (non-hydrogen) atoms. The van der Waals surface area contributed by atoms with Gasteiger partial charge in [0.2, 0.25) is 10.0 Å². The summed E-state index contributed by atoms with van der Waals surface area (Å²) in [6.07, 6.45) is 0. The van der Waals surface area contributed by atoms with Crippen LogP contribution in [0.1, 0.15) is 24.1 Å². The van der Waals surface area contributed by atoms with Gasteiger partial charge in [0.25, 0.3) is 5.69 Å². The van der Waals surface area contributed by atoms with Crippen molar-refractivity contribution in [2.45, 2.75) is 24.8 Å². The van der Waals surface area contributed by atoms with Crippen LogP contribution in [-0.2, 0) is 10.0 Å². The Morgan fingerprint density at radius 1 is 1.22 bits per heavy atom. The molecule has 0 aliphatic carbocycles. The van der Waals surface area contributed by atoms with E-state index in [0.717, 1.165) is 6.07 Å². The van der Waals surface area contributed by atoms with Crippen molar-refractivity contribution in [2.24, 2.45) is 0 Å². The van der Waals surface area contributed by atoms with Crippen LogP contribution in [0.3, 0.4) is 0 Å². The number of halogens is 1. The molecule has 6 nitrogen and oxygen atoms in total. The summed E-state index contributed by atoms with van der Waals surface area (Å²) in [5.74, 6) is 0. The molecule has 0 aliphatic heterocycles. The Balaban J connectivity index is 2.32. The van der Waals surface area contributed by atoms with E-state index in [-0.39, 0.29) is 10.6 Å². The van der Waals surface area contributed by atoms with Gasteiger partial charge >= 0.3 is 0 Å². The number of nitrogens with one attached hydrogen (secondary N) is 1. The predicted molar refractivity (Wildman–Crippen MR) is 88.0 cm³/mol. The number of sulfonamides is 1. The molecule has 0 saturated heterocycles. The molecule has 0 aliphatic rings. The number of rotatable bonds is 5. The maximum atomic E-state index is 12.4. The second kappa shape index (κ2) is 6.66. The zero-order valence-electron chi connectivity index (χ0n) is 12.5. The van der Waals surface area contributed by atoms with Crippen molar-refractivity contribution in [1.29, 1.82) is 0 Å². The highest BCUT2D eigenvalue weighted by Gasteiger charge is 2.22. The standard InChI is InChI=1S/C15H15ClN2O4S/c1-10-6-7-14(9-15(10)18(19)20)23(21,22)17-11(2)12-4-3-5-13(16)8-12/h3-9,11,17H,1-2H3/t11-/m1/s1. The first-order valence-corrected chi connectivity index (χ1v) is 8.59. The summed E-state index contributed by atoms with van der Waals surface area (Å²) in [6, 6.07) is 10.1. The summed E-state index contributed by atoms with van der Waals surface area (Å²) in [5.41, 5.74) is 0.864. The third kappa shape index (κ3) is 4.07. The van der Waals surface area contributed by atoms with E-state index in [4.69, 9.17) is 11.6 Å². The highest BCUT2D eigenvalue weighted by molar-refractivity contribution is 7.89. The summed E-state index contributed by atoms with van der Waals surface area (Å²) < 4.78 is 27.3. The Morgan fingerprint density at radius 3 is 2.52 bits per heavy atom. The molecule has 2 rings (SSSR count). The molecule has 0 heterocycles. The van der Waals surface area contributed by atoms with Gasteiger partial charge in [0.15, 0.2) is 0 Å². The highest BCUT2D eigenvalue weighted by Crippen LogP contribution is 2.24. The molecule has 0 fully saturated rings. The quantitative estimate of drug-likeness (QED) is 0.656. The van der Waals surface area contributed by atoms with Crippen LogP contribution >= 0.6 is 11.6 Å². The zero-order chi connectivity index (χ0) is 17.2. The topological polar surface area (TPSA) is 89.3 Å². The molecule has 2 aromatic rings. The van der Waals surface area contributed by atoms with Gasteiger partial charge in [0.05, 0.1) is 9.82 Å². The number of nitro benzene ring substituents is 1. The van der Waals surface area contributed by atoms with E-state index in [0.29, 0.717) is 16.1 Å². The Labute approximate surface area is 139 Å². The third-order valence-electron chi connectivity index (χ3n) is 3.37. The summed E-state index contributed by atoms with van der Waals surface area (Å²) in [4.78, 5) is 10.2. The van der Waals surface area contributed by atoms with Gasteiger partial charge in [-0.25, -0.2) is 13.1 Å². The van der Waals surface area contributed by atoms with Gasteiger partial charge < -0.3 is 0 Å². The van der Waals surface area contributed by atoms with Gasteiger partial charge in [0.1, 0.15) is 0 Å². The van der Waals surface area contributed by atoms with Gasteiger partial charge in [-0.2, -0.15) is 0 Å². The van der Waals surface area contributed by atoms with Crippen molar-refractivity contribution >= 4 is 27.3 Å². The van der Waals surface area contributed by atoms with Gasteiger partial charge in [0, 0.05) is 22.7 Å². The lowest BCUT2D eigenvalue weighted by Crippen LogP contribution is -2.27. The summed E-state index contributed by atoms with van der Waals surface area (Å²) in [7, 11) is -3.89. The van der Waals surface area contributed by atoms with E-state index < -0.39 is 21.0 Å². The van der Waals surface area contributed by atoms with Crippen LogP contribution < -0.4 is 4.72 Å². The first-order valence-electron chi connectivity index (χ1n) is 6.73. The summed E-state index contributed by atoms with van der Waals surface area (Å²) in [6.45, 7) is 3.22. The van der Waals surface area contributed by atoms with Crippen LogP contribution in [0, 0.1) is 17.0 Å². The molecule has 122 valence electrons. The number of nitro groups is 1. The van der Waals surface area contributed by atoms with Crippen LogP contribution in [-0.4, -0.2) is 13.3 Å². The first kappa shape index (κ1) is 17.4. The predicted octanol–water partition coefficient (Wildman–Crippen LogP) is 3.60. The van der Waals surface area contributed by atoms with E-state index in [1.54, 1.807) is 38.1 Å². The lowest BCUT2D eigenvalue weighted by atomic mass is 10.1. The number of nitrogens with zero attached hydrogens (tertiary/aromatic N) is 1. The average molecular weight is 355 g/mol. The molecule has 2 aromatic carbocycles. The SMILES string of the molecule is Cc1ccc(S(=O)(=O)N[C@H](C)c2cccc(Cl)c2)cc1[N+](=O)[O-]. The normalized spacial score (nSPS) is 12.8. The highest BCUT2D eigenvalue weighted by atomic mass is 35.5. The molecule has 0 amide bonds. The summed E-state index contributed by atoms with van der Waals surface area (Å²) >= 11 is 5.90. The van der Waals surface area contributed by atoms with Crippen molar-refractivity contribution < 1.29 is 13.3 Å². The third-order valence-corrected chi connectivity index (χ3v) is 5.14. The minimum Gasteiger partial charge on any atom is -0.258 e. The fourth-order valence-electron chi connectivity index (χ4n) is 2.10. The van der Waals surface area contributed by atoms with Crippen molar-refractivity contribution in [3.05, 3.63) is 68.7 Å². The van der Waals surface area contributed by atoms with Gasteiger partial charge in [-0.3, -0.25) is 10.1 Å². The second-order valence-electron chi connectivity index (χ2n) is 5.10. The van der Waals surface area contributed by atoms with Crippen molar-refractivity contribution in [2.75, 3.05) is 0 Å². The molecule has 1 atom stereocenters. The van der Waals surface area contributed by atoms with Crippen molar-refractivity contribution in [3.8, 4) is 0 Å². The van der Waals surface area contributed by atoms with E-state index in [9.17, 15) is 18.5 Å². The van der Waals surface area contributed by atoms with Crippen LogP contribution in [0.4, 0.5) is 5.69 Å². The van der Waals surface area contributed by atoms with Crippen molar-refractivity contribution in [1.82, 2.24) is 4.72 Å². The Morgan fingerprint density at radius 2 is 1.91 bits per heavy atom. The van der Waals surface area contributed by atoms with Crippen LogP contribution in [0.25, 0.3) is 0 Å². The van der Waals surface area contributed by atoms with E-state index >= 15 is 0 Å². The van der Waals surface area contributed by atoms with Gasteiger partial charge in [-0.1, -0.05) is 29.8 Å². The van der Waals surface area contributed by atoms with Gasteiger partial charge in [-0.15, -0.1) is 0 Å². The largest absolute Gasteiger partial charge is 0.273 e. The fraction of sp³-hybridized carbons (Fsp3) is 0.200. The molecule has 8 heteroatoms. The van der Waals surface area contributed by atoms with Crippen LogP contribution in [0.2, 0.25) is 5.02 Å². The average Bonchev–Trinajstić information content (AvgIpc) is 2.46. The number of hydrogen-bond donors (Lipinski definition) is 1. The van der Waals surface area contributed by atoms with Crippen LogP contribution in [0.15, 0.2) is 47.4 Å². The molecule has 0 saturated carbocycles. The van der Waals surface area contributed by atoms with Crippen molar-refractivity contribution in [3.63, 3.8) is 0 Å². The van der Waals surface area contributed by atoms with E-state index in [1.165, 1.54) is 12.1 Å². The number of aryl methyl sites for hydroxylation is 1. The lowest BCUT2D eigenvalue weighted by molar-refractivity contribution is -0.385. The molecule has 1 N–H and O–H groups in total. The Hall–Kier alpha value is -1.96. The second-order valence-corrected chi connectivity index (χ2v) is 7.25. The first-order chi connectivity index (χ1) is 10.7. The zero-order valence-corrected chi connectivity index (χ0v) is 14.1. The molecular weight excluding hydrogens is 340 g/mol. The maximum absolute atomic E-state index is 12.4. The number of benzene rings is 2. The van der Waals surface area contributed by atoms with E-state index in [2.05, 4.69) is 4.72 Å². The molecule has 0 aromatic heterocycles. The Kier molecular flexibility index (Phi) is 5.03. The van der Waals surface area contributed by atoms with Gasteiger partial charge in [-0.05, 0) is 37.6 Å². The lowest BCUT2D eigenvalue weighted by Gasteiger charge is -2.15. The molecule has 0 bridgehead atoms. The van der Waals surface area contributed by atoms with E-state index in [1.807, 2.05) is 0 Å². The monoisotopic (exact) mass is 354 g/mol. The smallest absolute Gasteiger partial charge is 0.258 e.